The van der Waals surface area contributed by atoms with Gasteiger partial charge in [0.1, 0.15) is 0 Å². The minimum absolute atomic E-state index is 0.311. The van der Waals surface area contributed by atoms with E-state index in [1.165, 1.54) is 0 Å². The van der Waals surface area contributed by atoms with Crippen molar-refractivity contribution in [3.8, 4) is 0 Å². The van der Waals surface area contributed by atoms with Crippen molar-refractivity contribution in [3.63, 3.8) is 0 Å². The van der Waals surface area contributed by atoms with Crippen LogP contribution >= 0.6 is 0 Å². The highest BCUT2D eigenvalue weighted by molar-refractivity contribution is 6.50. The molecule has 0 radical (unpaired) electrons. The Morgan fingerprint density at radius 1 is 0.867 bits per heavy atom. The fourth-order valence-corrected chi connectivity index (χ4v) is 4.15. The summed E-state index contributed by atoms with van der Waals surface area (Å²) >= 11 is 0. The van der Waals surface area contributed by atoms with Gasteiger partial charge in [-0.1, -0.05) is 0 Å². The molecule has 0 spiro atoms. The quantitative estimate of drug-likeness (QED) is 0.262. The first-order valence-electron chi connectivity index (χ1n) is 9.53. The summed E-state index contributed by atoms with van der Waals surface area (Å²) in [5.41, 5.74) is 22.5. The van der Waals surface area contributed by atoms with E-state index in [0.29, 0.717) is 46.7 Å². The number of imide groups is 1. The normalized spacial score (nSPS) is 14.3. The third-order valence-electron chi connectivity index (χ3n) is 5.45. The Balaban J connectivity index is 1.84. The van der Waals surface area contributed by atoms with Gasteiger partial charge in [0.25, 0.3) is 11.8 Å². The maximum Gasteiger partial charge on any atom is 0.259 e. The number of hydrogen-bond donors (Lipinski definition) is 5. The SMILES string of the molecule is NCCn1cc(C2=C(c3c[nH]c4ccc(N)cc34)C(=O)NC2=O)c2cc(N)ccc21. The van der Waals surface area contributed by atoms with E-state index < -0.39 is 11.8 Å². The standard InChI is InChI=1S/C22H20N6O2/c23-5-6-28-10-16(14-8-12(25)2-4-18(14)28)20-19(21(29)27-22(20)30)15-9-26-17-3-1-11(24)7-13(15)17/h1-4,7-10,26H,5-6,23-25H2,(H,27,29,30). The number of carbonyl (C=O) groups is 2. The van der Waals surface area contributed by atoms with Crippen LogP contribution in [0, 0.1) is 0 Å². The minimum Gasteiger partial charge on any atom is -0.399 e. The second-order valence-corrected chi connectivity index (χ2v) is 7.34. The van der Waals surface area contributed by atoms with Crippen LogP contribution in [0.2, 0.25) is 0 Å². The number of nitrogens with one attached hydrogen (secondary N) is 2. The van der Waals surface area contributed by atoms with Crippen LogP contribution in [0.15, 0.2) is 48.8 Å². The predicted molar refractivity (Wildman–Crippen MR) is 118 cm³/mol. The molecule has 0 bridgehead atoms. The summed E-state index contributed by atoms with van der Waals surface area (Å²) in [5, 5.41) is 4.01. The Morgan fingerprint density at radius 2 is 1.53 bits per heavy atom. The summed E-state index contributed by atoms with van der Waals surface area (Å²) in [6.07, 6.45) is 3.58. The molecule has 8 nitrogen and oxygen atoms in total. The van der Waals surface area contributed by atoms with Crippen molar-refractivity contribution in [2.45, 2.75) is 6.54 Å². The lowest BCUT2D eigenvalue weighted by atomic mass is 9.95. The highest BCUT2D eigenvalue weighted by Crippen LogP contribution is 2.39. The lowest BCUT2D eigenvalue weighted by molar-refractivity contribution is -0.122. The van der Waals surface area contributed by atoms with Gasteiger partial charge >= 0.3 is 0 Å². The van der Waals surface area contributed by atoms with E-state index in [2.05, 4.69) is 10.3 Å². The van der Waals surface area contributed by atoms with Crippen LogP contribution in [0.4, 0.5) is 11.4 Å². The maximum atomic E-state index is 12.9. The van der Waals surface area contributed by atoms with Crippen LogP contribution < -0.4 is 22.5 Å². The van der Waals surface area contributed by atoms with E-state index in [0.717, 1.165) is 21.8 Å². The molecule has 30 heavy (non-hydrogen) atoms. The van der Waals surface area contributed by atoms with Crippen LogP contribution in [-0.4, -0.2) is 27.9 Å². The zero-order valence-electron chi connectivity index (χ0n) is 16.0. The molecule has 8 heteroatoms. The van der Waals surface area contributed by atoms with Gasteiger partial charge in [0.2, 0.25) is 0 Å². The summed E-state index contributed by atoms with van der Waals surface area (Å²) in [4.78, 5) is 28.9. The highest BCUT2D eigenvalue weighted by atomic mass is 16.2. The van der Waals surface area contributed by atoms with Crippen LogP contribution in [0.3, 0.4) is 0 Å². The van der Waals surface area contributed by atoms with Crippen molar-refractivity contribution in [1.82, 2.24) is 14.9 Å². The molecule has 4 aromatic rings. The molecular weight excluding hydrogens is 380 g/mol. The minimum atomic E-state index is -0.443. The van der Waals surface area contributed by atoms with E-state index in [1.807, 2.05) is 29.0 Å². The van der Waals surface area contributed by atoms with Gasteiger partial charge in [-0.3, -0.25) is 14.9 Å². The zero-order chi connectivity index (χ0) is 21.0. The Bertz CT molecular complexity index is 1390. The number of amides is 2. The molecule has 2 amide bonds. The topological polar surface area (TPSA) is 145 Å². The summed E-state index contributed by atoms with van der Waals surface area (Å²) in [6.45, 7) is 1.01. The van der Waals surface area contributed by atoms with Gasteiger partial charge < -0.3 is 26.8 Å². The smallest absolute Gasteiger partial charge is 0.259 e. The number of carbonyl (C=O) groups excluding carboxylic acids is 2. The fraction of sp³-hybridized carbons (Fsp3) is 0.0909. The van der Waals surface area contributed by atoms with Crippen molar-refractivity contribution in [2.24, 2.45) is 5.73 Å². The number of nitrogen functional groups attached to an aromatic ring is 2. The molecule has 0 aliphatic carbocycles. The molecule has 3 heterocycles. The van der Waals surface area contributed by atoms with Gasteiger partial charge in [-0.25, -0.2) is 0 Å². The number of benzene rings is 2. The molecule has 1 aliphatic heterocycles. The van der Waals surface area contributed by atoms with Crippen molar-refractivity contribution in [2.75, 3.05) is 18.0 Å². The Hall–Kier alpha value is -4.04. The number of hydrogen-bond acceptors (Lipinski definition) is 5. The molecule has 2 aromatic carbocycles. The third kappa shape index (κ3) is 2.58. The second kappa shape index (κ2) is 6.50. The van der Waals surface area contributed by atoms with Crippen molar-refractivity contribution >= 4 is 56.1 Å². The van der Waals surface area contributed by atoms with Gasteiger partial charge in [-0.15, -0.1) is 0 Å². The van der Waals surface area contributed by atoms with Crippen molar-refractivity contribution in [3.05, 3.63) is 59.9 Å². The Morgan fingerprint density at radius 3 is 2.27 bits per heavy atom. The van der Waals surface area contributed by atoms with E-state index in [9.17, 15) is 9.59 Å². The van der Waals surface area contributed by atoms with Crippen LogP contribution in [0.5, 0.6) is 0 Å². The molecule has 150 valence electrons. The molecule has 2 aromatic heterocycles. The van der Waals surface area contributed by atoms with Gasteiger partial charge in [-0.05, 0) is 36.4 Å². The first-order chi connectivity index (χ1) is 14.5. The molecular formula is C22H20N6O2. The third-order valence-corrected chi connectivity index (χ3v) is 5.45. The predicted octanol–water partition coefficient (Wildman–Crippen LogP) is 1.81. The lowest BCUT2D eigenvalue weighted by Crippen LogP contribution is -2.22. The average Bonchev–Trinajstić information content (AvgIpc) is 3.35. The van der Waals surface area contributed by atoms with E-state index in [1.54, 1.807) is 24.4 Å². The molecule has 1 aliphatic rings. The summed E-state index contributed by atoms with van der Waals surface area (Å²) < 4.78 is 1.97. The number of H-pyrrole nitrogens is 1. The number of nitrogens with zero attached hydrogens (tertiary/aromatic N) is 1. The summed E-state index contributed by atoms with van der Waals surface area (Å²) in [5.74, 6) is -0.885. The van der Waals surface area contributed by atoms with Gasteiger partial charge in [0, 0.05) is 69.8 Å². The molecule has 0 fully saturated rings. The molecule has 0 saturated heterocycles. The molecule has 0 saturated carbocycles. The van der Waals surface area contributed by atoms with E-state index >= 15 is 0 Å². The number of rotatable bonds is 4. The number of aromatic amines is 1. The monoisotopic (exact) mass is 400 g/mol. The summed E-state index contributed by atoms with van der Waals surface area (Å²) in [7, 11) is 0. The van der Waals surface area contributed by atoms with Crippen LogP contribution in [0.25, 0.3) is 33.0 Å². The largest absolute Gasteiger partial charge is 0.399 e. The van der Waals surface area contributed by atoms with Crippen molar-refractivity contribution < 1.29 is 9.59 Å². The first kappa shape index (κ1) is 18.0. The molecule has 8 N–H and O–H groups in total. The molecule has 5 rings (SSSR count). The van der Waals surface area contributed by atoms with E-state index in [4.69, 9.17) is 17.2 Å². The molecule has 0 unspecified atom stereocenters. The Labute approximate surface area is 171 Å². The Kier molecular flexibility index (Phi) is 3.90. The second-order valence-electron chi connectivity index (χ2n) is 7.34. The van der Waals surface area contributed by atoms with Crippen LogP contribution in [0.1, 0.15) is 11.1 Å². The number of aromatic nitrogens is 2. The number of anilines is 2. The van der Waals surface area contributed by atoms with E-state index in [-0.39, 0.29) is 0 Å². The summed E-state index contributed by atoms with van der Waals surface area (Å²) in [6, 6.07) is 10.9. The van der Waals surface area contributed by atoms with Gasteiger partial charge in [0.15, 0.2) is 0 Å². The number of fused-ring (bicyclic) bond motifs is 2. The van der Waals surface area contributed by atoms with Gasteiger partial charge in [-0.2, -0.15) is 0 Å². The average molecular weight is 400 g/mol. The zero-order valence-corrected chi connectivity index (χ0v) is 16.0. The lowest BCUT2D eigenvalue weighted by Gasteiger charge is -2.04. The van der Waals surface area contributed by atoms with Crippen LogP contribution in [-0.2, 0) is 16.1 Å². The van der Waals surface area contributed by atoms with Crippen molar-refractivity contribution in [1.29, 1.82) is 0 Å². The van der Waals surface area contributed by atoms with Gasteiger partial charge in [0.05, 0.1) is 11.1 Å². The molecule has 0 atom stereocenters. The first-order valence-corrected chi connectivity index (χ1v) is 9.53. The maximum absolute atomic E-state index is 12.9. The number of nitrogens with two attached hydrogens (primary N) is 3. The highest BCUT2D eigenvalue weighted by Gasteiger charge is 2.35. The fourth-order valence-electron chi connectivity index (χ4n) is 4.15.